The van der Waals surface area contributed by atoms with Gasteiger partial charge in [-0.25, -0.2) is 9.18 Å². The molecule has 0 aromatic heterocycles. The summed E-state index contributed by atoms with van der Waals surface area (Å²) in [5.41, 5.74) is 0.857. The summed E-state index contributed by atoms with van der Waals surface area (Å²) in [4.78, 5) is 11.5. The number of rotatable bonds is 7. The van der Waals surface area contributed by atoms with Crippen LogP contribution in [0.2, 0.25) is 0 Å². The van der Waals surface area contributed by atoms with Crippen molar-refractivity contribution in [3.63, 3.8) is 0 Å². The molecular formula is C13H13F3O5S. The van der Waals surface area contributed by atoms with Crippen molar-refractivity contribution >= 4 is 22.2 Å². The molecule has 1 atom stereocenters. The van der Waals surface area contributed by atoms with Gasteiger partial charge in [-0.1, -0.05) is 24.8 Å². The highest BCUT2D eigenvalue weighted by molar-refractivity contribution is 7.86. The highest BCUT2D eigenvalue weighted by Gasteiger charge is 2.52. The van der Waals surface area contributed by atoms with Crippen molar-refractivity contribution in [2.24, 2.45) is 0 Å². The van der Waals surface area contributed by atoms with E-state index in [1.54, 1.807) is 18.2 Å². The lowest BCUT2D eigenvalue weighted by Crippen LogP contribution is -2.39. The van der Waals surface area contributed by atoms with Crippen LogP contribution >= 0.6 is 0 Å². The zero-order chi connectivity index (χ0) is 17.0. The van der Waals surface area contributed by atoms with Crippen LogP contribution < -0.4 is 0 Å². The van der Waals surface area contributed by atoms with E-state index >= 15 is 0 Å². The normalized spacial score (nSPS) is 13.5. The smallest absolute Gasteiger partial charge is 0.400 e. The molecular weight excluding hydrogens is 325 g/mol. The Morgan fingerprint density at radius 2 is 1.91 bits per heavy atom. The number of hydrogen-bond acceptors (Lipinski definition) is 4. The molecule has 0 bridgehead atoms. The van der Waals surface area contributed by atoms with Crippen molar-refractivity contribution in [3.8, 4) is 0 Å². The van der Waals surface area contributed by atoms with Crippen LogP contribution in [0.5, 0.6) is 0 Å². The van der Waals surface area contributed by atoms with Gasteiger partial charge in [-0.3, -0.25) is 4.55 Å². The number of carbonyl (C=O) groups excluding carboxylic acids is 1. The fourth-order valence-corrected chi connectivity index (χ4v) is 1.86. The van der Waals surface area contributed by atoms with E-state index in [4.69, 9.17) is 4.55 Å². The fraction of sp³-hybridized carbons (Fsp3) is 0.308. The molecule has 1 aromatic carbocycles. The Kier molecular flexibility index (Phi) is 5.72. The molecule has 0 aliphatic carbocycles. The quantitative estimate of drug-likeness (QED) is 0.611. The lowest BCUT2D eigenvalue weighted by Gasteiger charge is -2.17. The monoisotopic (exact) mass is 338 g/mol. The van der Waals surface area contributed by atoms with Gasteiger partial charge in [0.25, 0.3) is 0 Å². The molecule has 0 heterocycles. The van der Waals surface area contributed by atoms with Gasteiger partial charge in [0.15, 0.2) is 6.17 Å². The van der Waals surface area contributed by atoms with Crippen molar-refractivity contribution in [1.29, 1.82) is 0 Å². The first-order chi connectivity index (χ1) is 10.1. The molecule has 0 aliphatic heterocycles. The Bertz CT molecular complexity index is 640. The van der Waals surface area contributed by atoms with Crippen LogP contribution in [0, 0.1) is 0 Å². The summed E-state index contributed by atoms with van der Waals surface area (Å²) < 4.78 is 72.4. The summed E-state index contributed by atoms with van der Waals surface area (Å²) in [5, 5.41) is -4.95. The van der Waals surface area contributed by atoms with Crippen LogP contribution in [0.15, 0.2) is 30.8 Å². The van der Waals surface area contributed by atoms with Gasteiger partial charge in [0.1, 0.15) is 0 Å². The molecule has 9 heteroatoms. The molecule has 0 radical (unpaired) electrons. The molecule has 0 fully saturated rings. The third kappa shape index (κ3) is 4.31. The maximum Gasteiger partial charge on any atom is 0.400 e. The Morgan fingerprint density at radius 1 is 1.36 bits per heavy atom. The van der Waals surface area contributed by atoms with Crippen molar-refractivity contribution in [2.45, 2.75) is 17.8 Å². The first-order valence-electron chi connectivity index (χ1n) is 5.98. The number of halogens is 3. The number of alkyl halides is 3. The zero-order valence-corrected chi connectivity index (χ0v) is 12.0. The Balaban J connectivity index is 2.56. The van der Waals surface area contributed by atoms with Gasteiger partial charge < -0.3 is 4.74 Å². The van der Waals surface area contributed by atoms with Gasteiger partial charge in [-0.05, 0) is 17.7 Å². The van der Waals surface area contributed by atoms with Gasteiger partial charge in [0.2, 0.25) is 0 Å². The second kappa shape index (κ2) is 6.93. The minimum Gasteiger partial charge on any atom is -0.462 e. The molecule has 1 rings (SSSR count). The molecule has 0 spiro atoms. The minimum absolute atomic E-state index is 0.113. The van der Waals surface area contributed by atoms with Gasteiger partial charge in [-0.2, -0.15) is 17.2 Å². The minimum atomic E-state index is -5.87. The third-order valence-corrected chi connectivity index (χ3v) is 3.64. The third-order valence-electron chi connectivity index (χ3n) is 2.70. The molecule has 5 nitrogen and oxygen atoms in total. The van der Waals surface area contributed by atoms with Crippen molar-refractivity contribution < 1.29 is 35.7 Å². The SMILES string of the molecule is C=Cc1ccc(C(=O)OCCC(F)C(F)(F)S(=O)(=O)O)cc1. The van der Waals surface area contributed by atoms with E-state index in [9.17, 15) is 26.4 Å². The Labute approximate surface area is 125 Å². The summed E-state index contributed by atoms with van der Waals surface area (Å²) in [6.45, 7) is 2.75. The summed E-state index contributed by atoms with van der Waals surface area (Å²) >= 11 is 0. The fourth-order valence-electron chi connectivity index (χ4n) is 1.42. The molecule has 122 valence electrons. The van der Waals surface area contributed by atoms with Crippen LogP contribution in [0.25, 0.3) is 6.08 Å². The summed E-state index contributed by atoms with van der Waals surface area (Å²) in [7, 11) is -5.87. The predicted octanol–water partition coefficient (Wildman–Crippen LogP) is 2.70. The molecule has 1 N–H and O–H groups in total. The summed E-state index contributed by atoms with van der Waals surface area (Å²) in [6.07, 6.45) is -2.73. The van der Waals surface area contributed by atoms with Crippen molar-refractivity contribution in [2.75, 3.05) is 6.61 Å². The van der Waals surface area contributed by atoms with Crippen LogP contribution in [-0.4, -0.2) is 37.0 Å². The lowest BCUT2D eigenvalue weighted by molar-refractivity contribution is -0.0163. The van der Waals surface area contributed by atoms with E-state index in [2.05, 4.69) is 11.3 Å². The van der Waals surface area contributed by atoms with Gasteiger partial charge >= 0.3 is 21.3 Å². The van der Waals surface area contributed by atoms with E-state index in [0.717, 1.165) is 5.56 Å². The maximum atomic E-state index is 13.1. The predicted molar refractivity (Wildman–Crippen MR) is 72.8 cm³/mol. The Hall–Kier alpha value is -1.87. The summed E-state index contributed by atoms with van der Waals surface area (Å²) in [5.74, 6) is -0.877. The van der Waals surface area contributed by atoms with Crippen LogP contribution in [-0.2, 0) is 14.9 Å². The summed E-state index contributed by atoms with van der Waals surface area (Å²) in [6, 6.07) is 5.93. The van der Waals surface area contributed by atoms with E-state index in [1.165, 1.54) is 12.1 Å². The average Bonchev–Trinajstić information content (AvgIpc) is 2.45. The van der Waals surface area contributed by atoms with Crippen LogP contribution in [0.4, 0.5) is 13.2 Å². The molecule has 1 aromatic rings. The molecule has 0 saturated carbocycles. The average molecular weight is 338 g/mol. The van der Waals surface area contributed by atoms with E-state index in [0.29, 0.717) is 0 Å². The van der Waals surface area contributed by atoms with Crippen molar-refractivity contribution in [1.82, 2.24) is 0 Å². The second-order valence-corrected chi connectivity index (χ2v) is 5.75. The Morgan fingerprint density at radius 3 is 2.36 bits per heavy atom. The highest BCUT2D eigenvalue weighted by Crippen LogP contribution is 2.29. The number of ether oxygens (including phenoxy) is 1. The molecule has 0 amide bonds. The van der Waals surface area contributed by atoms with Gasteiger partial charge in [0, 0.05) is 6.42 Å². The largest absolute Gasteiger partial charge is 0.462 e. The number of esters is 1. The zero-order valence-electron chi connectivity index (χ0n) is 11.2. The van der Waals surface area contributed by atoms with Crippen molar-refractivity contribution in [3.05, 3.63) is 42.0 Å². The highest BCUT2D eigenvalue weighted by atomic mass is 32.2. The number of carbonyl (C=O) groups is 1. The van der Waals surface area contributed by atoms with Gasteiger partial charge in [0.05, 0.1) is 12.2 Å². The maximum absolute atomic E-state index is 13.1. The van der Waals surface area contributed by atoms with E-state index < -0.39 is 40.5 Å². The molecule has 1 unspecified atom stereocenters. The van der Waals surface area contributed by atoms with Crippen LogP contribution in [0.3, 0.4) is 0 Å². The number of hydrogen-bond donors (Lipinski definition) is 1. The van der Waals surface area contributed by atoms with Crippen LogP contribution in [0.1, 0.15) is 22.3 Å². The van der Waals surface area contributed by atoms with E-state index in [1.807, 2.05) is 0 Å². The van der Waals surface area contributed by atoms with E-state index in [-0.39, 0.29) is 5.56 Å². The molecule has 0 aliphatic rings. The van der Waals surface area contributed by atoms with Gasteiger partial charge in [-0.15, -0.1) is 0 Å². The number of benzene rings is 1. The second-order valence-electron chi connectivity index (χ2n) is 4.26. The molecule has 0 saturated heterocycles. The standard InChI is InChI=1S/C13H13F3O5S/c1-2-9-3-5-10(6-4-9)12(17)21-8-7-11(14)13(15,16)22(18,19)20/h2-6,11H,1,7-8H2,(H,18,19,20). The lowest BCUT2D eigenvalue weighted by atomic mass is 10.1. The first kappa shape index (κ1) is 18.2. The first-order valence-corrected chi connectivity index (χ1v) is 7.42. The topological polar surface area (TPSA) is 80.7 Å². The molecule has 22 heavy (non-hydrogen) atoms.